The molecular formula is C19H22N4O3S. The first-order chi connectivity index (χ1) is 13.3. The van der Waals surface area contributed by atoms with Crippen LogP contribution in [0.2, 0.25) is 0 Å². The van der Waals surface area contributed by atoms with Gasteiger partial charge in [-0.3, -0.25) is 0 Å². The standard InChI is InChI=1S/C19H22N4O3S/c1-20-19-22-15-10-14(13-4-3-7-21-16(13)24-2)17(23-18(15)27-19)26-11-12-5-8-25-9-6-12/h3-4,7,10,12H,5-6,8-9,11H2,1-2H3,(H,20,22). The van der Waals surface area contributed by atoms with Crippen molar-refractivity contribution in [1.29, 1.82) is 0 Å². The Morgan fingerprint density at radius 2 is 2.07 bits per heavy atom. The highest BCUT2D eigenvalue weighted by Crippen LogP contribution is 2.38. The molecule has 1 aliphatic rings. The van der Waals surface area contributed by atoms with Crippen molar-refractivity contribution < 1.29 is 14.2 Å². The number of aromatic nitrogens is 3. The minimum Gasteiger partial charge on any atom is -0.481 e. The number of nitrogens with one attached hydrogen (secondary N) is 1. The van der Waals surface area contributed by atoms with Crippen molar-refractivity contribution in [1.82, 2.24) is 15.0 Å². The summed E-state index contributed by atoms with van der Waals surface area (Å²) < 4.78 is 17.1. The molecule has 0 aromatic carbocycles. The molecule has 27 heavy (non-hydrogen) atoms. The average Bonchev–Trinajstić information content (AvgIpc) is 3.14. The van der Waals surface area contributed by atoms with Crippen molar-refractivity contribution in [2.24, 2.45) is 5.92 Å². The number of rotatable bonds is 6. The third-order valence-electron chi connectivity index (χ3n) is 4.61. The van der Waals surface area contributed by atoms with Crippen LogP contribution in [0, 0.1) is 5.92 Å². The zero-order chi connectivity index (χ0) is 18.6. The number of anilines is 1. The molecule has 8 heteroatoms. The maximum atomic E-state index is 6.19. The molecule has 0 unspecified atom stereocenters. The first-order valence-corrected chi connectivity index (χ1v) is 9.79. The van der Waals surface area contributed by atoms with E-state index in [1.54, 1.807) is 13.3 Å². The molecule has 0 radical (unpaired) electrons. The fraction of sp³-hybridized carbons (Fsp3) is 0.421. The quantitative estimate of drug-likeness (QED) is 0.693. The van der Waals surface area contributed by atoms with Crippen LogP contribution in [0.5, 0.6) is 11.8 Å². The Balaban J connectivity index is 1.74. The number of ether oxygens (including phenoxy) is 3. The zero-order valence-corrected chi connectivity index (χ0v) is 16.2. The number of fused-ring (bicyclic) bond motifs is 1. The van der Waals surface area contributed by atoms with E-state index < -0.39 is 0 Å². The Kier molecular flexibility index (Phi) is 5.35. The van der Waals surface area contributed by atoms with Crippen LogP contribution in [0.4, 0.5) is 5.13 Å². The molecule has 4 rings (SSSR count). The molecular weight excluding hydrogens is 364 g/mol. The molecule has 0 amide bonds. The van der Waals surface area contributed by atoms with Gasteiger partial charge >= 0.3 is 0 Å². The van der Waals surface area contributed by atoms with Gasteiger partial charge < -0.3 is 19.5 Å². The molecule has 0 aliphatic carbocycles. The maximum Gasteiger partial charge on any atom is 0.223 e. The minimum absolute atomic E-state index is 0.481. The topological polar surface area (TPSA) is 78.4 Å². The smallest absolute Gasteiger partial charge is 0.223 e. The van der Waals surface area contributed by atoms with E-state index in [4.69, 9.17) is 19.2 Å². The summed E-state index contributed by atoms with van der Waals surface area (Å²) in [4.78, 5) is 14.5. The van der Waals surface area contributed by atoms with Crippen molar-refractivity contribution in [3.63, 3.8) is 0 Å². The van der Waals surface area contributed by atoms with Gasteiger partial charge in [-0.1, -0.05) is 11.3 Å². The van der Waals surface area contributed by atoms with Crippen LogP contribution in [0.25, 0.3) is 21.5 Å². The van der Waals surface area contributed by atoms with Crippen LogP contribution < -0.4 is 14.8 Å². The molecule has 0 bridgehead atoms. The van der Waals surface area contributed by atoms with Gasteiger partial charge in [-0.2, -0.15) is 0 Å². The van der Waals surface area contributed by atoms with Crippen molar-refractivity contribution in [3.05, 3.63) is 24.4 Å². The van der Waals surface area contributed by atoms with E-state index in [1.165, 1.54) is 11.3 Å². The molecule has 1 saturated heterocycles. The summed E-state index contributed by atoms with van der Waals surface area (Å²) in [5.74, 6) is 1.61. The molecule has 0 atom stereocenters. The van der Waals surface area contributed by atoms with Crippen molar-refractivity contribution in [2.45, 2.75) is 12.8 Å². The number of hydrogen-bond acceptors (Lipinski definition) is 8. The second-order valence-electron chi connectivity index (χ2n) is 6.36. The molecule has 142 valence electrons. The summed E-state index contributed by atoms with van der Waals surface area (Å²) in [5.41, 5.74) is 2.51. The maximum absolute atomic E-state index is 6.19. The van der Waals surface area contributed by atoms with Crippen LogP contribution in [-0.4, -0.2) is 48.9 Å². The SMILES string of the molecule is CNc1nc2cc(-c3cccnc3OC)c(OCC3CCOCC3)nc2s1. The van der Waals surface area contributed by atoms with Crippen molar-refractivity contribution >= 4 is 26.8 Å². The van der Waals surface area contributed by atoms with E-state index in [9.17, 15) is 0 Å². The summed E-state index contributed by atoms with van der Waals surface area (Å²) >= 11 is 1.51. The zero-order valence-electron chi connectivity index (χ0n) is 15.4. The van der Waals surface area contributed by atoms with E-state index >= 15 is 0 Å². The van der Waals surface area contributed by atoms with Gasteiger partial charge in [-0.25, -0.2) is 15.0 Å². The minimum atomic E-state index is 0.481. The summed E-state index contributed by atoms with van der Waals surface area (Å²) in [5, 5.41) is 3.90. The number of pyridine rings is 2. The van der Waals surface area contributed by atoms with Crippen molar-refractivity contribution in [3.8, 4) is 22.9 Å². The predicted octanol–water partition coefficient (Wildman–Crippen LogP) is 3.61. The number of methoxy groups -OCH3 is 1. The van der Waals surface area contributed by atoms with E-state index in [-0.39, 0.29) is 0 Å². The summed E-state index contributed by atoms with van der Waals surface area (Å²) in [6.07, 6.45) is 3.73. The van der Waals surface area contributed by atoms with Gasteiger partial charge in [0, 0.05) is 32.0 Å². The molecule has 0 saturated carbocycles. The number of thiazole rings is 1. The Hall–Kier alpha value is -2.45. The fourth-order valence-electron chi connectivity index (χ4n) is 3.13. The molecule has 1 aliphatic heterocycles. The highest BCUT2D eigenvalue weighted by atomic mass is 32.1. The predicted molar refractivity (Wildman–Crippen MR) is 106 cm³/mol. The third-order valence-corrected chi connectivity index (χ3v) is 5.60. The first-order valence-electron chi connectivity index (χ1n) is 8.97. The van der Waals surface area contributed by atoms with E-state index in [1.807, 2.05) is 25.2 Å². The lowest BCUT2D eigenvalue weighted by Crippen LogP contribution is -2.21. The lowest BCUT2D eigenvalue weighted by molar-refractivity contribution is 0.0492. The second-order valence-corrected chi connectivity index (χ2v) is 7.34. The lowest BCUT2D eigenvalue weighted by Gasteiger charge is -2.22. The molecule has 1 fully saturated rings. The van der Waals surface area contributed by atoms with Gasteiger partial charge in [0.1, 0.15) is 10.3 Å². The number of hydrogen-bond donors (Lipinski definition) is 1. The van der Waals surface area contributed by atoms with Crippen LogP contribution in [0.15, 0.2) is 24.4 Å². The van der Waals surface area contributed by atoms with Crippen LogP contribution in [0.1, 0.15) is 12.8 Å². The highest BCUT2D eigenvalue weighted by Gasteiger charge is 2.20. The lowest BCUT2D eigenvalue weighted by atomic mass is 10.0. The normalized spacial score (nSPS) is 15.0. The Labute approximate surface area is 161 Å². The highest BCUT2D eigenvalue weighted by molar-refractivity contribution is 7.21. The average molecular weight is 386 g/mol. The van der Waals surface area contributed by atoms with Gasteiger partial charge in [0.2, 0.25) is 11.8 Å². The second kappa shape index (κ2) is 8.06. The Bertz CT molecular complexity index is 924. The first kappa shape index (κ1) is 17.9. The monoisotopic (exact) mass is 386 g/mol. The van der Waals surface area contributed by atoms with Crippen molar-refractivity contribution in [2.75, 3.05) is 39.3 Å². The summed E-state index contributed by atoms with van der Waals surface area (Å²) in [6, 6.07) is 5.84. The van der Waals surface area contributed by atoms with E-state index in [0.717, 1.165) is 52.7 Å². The Morgan fingerprint density at radius 1 is 1.22 bits per heavy atom. The fourth-order valence-corrected chi connectivity index (χ4v) is 3.89. The molecule has 1 N–H and O–H groups in total. The van der Waals surface area contributed by atoms with Gasteiger partial charge in [0.25, 0.3) is 0 Å². The molecule has 0 spiro atoms. The third kappa shape index (κ3) is 3.81. The summed E-state index contributed by atoms with van der Waals surface area (Å²) in [6.45, 7) is 2.21. The van der Waals surface area contributed by atoms with Gasteiger partial charge in [-0.05, 0) is 37.0 Å². The largest absolute Gasteiger partial charge is 0.481 e. The van der Waals surface area contributed by atoms with Crippen LogP contribution in [0.3, 0.4) is 0 Å². The molecule has 4 heterocycles. The van der Waals surface area contributed by atoms with E-state index in [2.05, 4.69) is 15.3 Å². The van der Waals surface area contributed by atoms with Gasteiger partial charge in [-0.15, -0.1) is 0 Å². The van der Waals surface area contributed by atoms with Gasteiger partial charge in [0.15, 0.2) is 5.13 Å². The summed E-state index contributed by atoms with van der Waals surface area (Å²) in [7, 11) is 3.47. The van der Waals surface area contributed by atoms with Crippen LogP contribution >= 0.6 is 11.3 Å². The molecule has 3 aromatic rings. The molecule has 7 nitrogen and oxygen atoms in total. The molecule has 3 aromatic heterocycles. The number of nitrogens with zero attached hydrogens (tertiary/aromatic N) is 3. The van der Waals surface area contributed by atoms with Gasteiger partial charge in [0.05, 0.1) is 19.3 Å². The van der Waals surface area contributed by atoms with E-state index in [0.29, 0.717) is 24.3 Å². The van der Waals surface area contributed by atoms with Crippen LogP contribution in [-0.2, 0) is 4.74 Å². The Morgan fingerprint density at radius 3 is 2.85 bits per heavy atom.